The first-order valence-electron chi connectivity index (χ1n) is 8.88. The number of fused-ring (bicyclic) bond motifs is 2. The van der Waals surface area contributed by atoms with Crippen LogP contribution in [0, 0.1) is 0 Å². The number of H-pyrrole nitrogens is 1. The summed E-state index contributed by atoms with van der Waals surface area (Å²) >= 11 is 0. The summed E-state index contributed by atoms with van der Waals surface area (Å²) in [6.45, 7) is 2.07. The fraction of sp³-hybridized carbons (Fsp3) is 0.278. The Balaban J connectivity index is 1.42. The molecule has 0 bridgehead atoms. The van der Waals surface area contributed by atoms with Gasteiger partial charge < -0.3 is 16.0 Å². The average molecular weight is 348 g/mol. The highest BCUT2D eigenvalue weighted by atomic mass is 15.4. The second-order valence-corrected chi connectivity index (χ2v) is 6.60. The predicted octanol–water partition coefficient (Wildman–Crippen LogP) is 2.51. The van der Waals surface area contributed by atoms with Crippen molar-refractivity contribution in [3.05, 3.63) is 42.6 Å². The van der Waals surface area contributed by atoms with E-state index < -0.39 is 0 Å². The lowest BCUT2D eigenvalue weighted by molar-refractivity contribution is 0.478. The molecule has 3 aromatic heterocycles. The van der Waals surface area contributed by atoms with Gasteiger partial charge in [-0.05, 0) is 49.7 Å². The third-order valence-corrected chi connectivity index (χ3v) is 4.71. The van der Waals surface area contributed by atoms with E-state index in [1.54, 1.807) is 6.20 Å². The first-order valence-corrected chi connectivity index (χ1v) is 8.88. The van der Waals surface area contributed by atoms with Crippen LogP contribution in [0.15, 0.2) is 42.6 Å². The van der Waals surface area contributed by atoms with Crippen molar-refractivity contribution < 1.29 is 0 Å². The molecule has 0 spiro atoms. The van der Waals surface area contributed by atoms with Crippen molar-refractivity contribution in [1.29, 1.82) is 0 Å². The van der Waals surface area contributed by atoms with Gasteiger partial charge in [-0.2, -0.15) is 14.6 Å². The van der Waals surface area contributed by atoms with E-state index in [0.29, 0.717) is 12.0 Å². The van der Waals surface area contributed by atoms with Crippen LogP contribution < -0.4 is 16.0 Å². The maximum atomic E-state index is 4.63. The Labute approximate surface area is 150 Å². The van der Waals surface area contributed by atoms with Crippen LogP contribution in [0.1, 0.15) is 12.8 Å². The summed E-state index contributed by atoms with van der Waals surface area (Å²) in [5.41, 5.74) is 2.71. The summed E-state index contributed by atoms with van der Waals surface area (Å²) in [5.74, 6) is 1.53. The van der Waals surface area contributed by atoms with Crippen LogP contribution in [-0.4, -0.2) is 43.9 Å². The van der Waals surface area contributed by atoms with Crippen LogP contribution in [-0.2, 0) is 0 Å². The van der Waals surface area contributed by atoms with Gasteiger partial charge in [-0.15, -0.1) is 5.10 Å². The van der Waals surface area contributed by atoms with Crippen molar-refractivity contribution in [3.63, 3.8) is 0 Å². The standard InChI is InChI=1S/C18H20N8/c1-4-16(21-14-3-2-8-19-11-14)26-17(5-1)23-18(25-26)22-13-7-6-12-10-20-24-15(12)9-13/h1,4-7,9-10,14,19,21H,2-3,8,11H2,(H,20,24)(H,22,25)/t14-/m1/s1. The highest BCUT2D eigenvalue weighted by Gasteiger charge is 2.15. The maximum Gasteiger partial charge on any atom is 0.247 e. The Bertz CT molecular complexity index is 1040. The molecule has 132 valence electrons. The zero-order valence-electron chi connectivity index (χ0n) is 14.2. The molecule has 1 fully saturated rings. The molecule has 1 aliphatic heterocycles. The number of hydrogen-bond donors (Lipinski definition) is 4. The van der Waals surface area contributed by atoms with Crippen LogP contribution in [0.25, 0.3) is 16.6 Å². The van der Waals surface area contributed by atoms with Gasteiger partial charge >= 0.3 is 0 Å². The molecule has 4 aromatic rings. The Hall–Kier alpha value is -3.13. The lowest BCUT2D eigenvalue weighted by atomic mass is 10.1. The maximum absolute atomic E-state index is 4.63. The van der Waals surface area contributed by atoms with Gasteiger partial charge in [0.2, 0.25) is 5.95 Å². The number of anilines is 3. The molecule has 5 rings (SSSR count). The second-order valence-electron chi connectivity index (χ2n) is 6.60. The van der Waals surface area contributed by atoms with Gasteiger partial charge in [-0.3, -0.25) is 5.10 Å². The summed E-state index contributed by atoms with van der Waals surface area (Å²) in [6, 6.07) is 12.4. The summed E-state index contributed by atoms with van der Waals surface area (Å²) in [6.07, 6.45) is 4.15. The van der Waals surface area contributed by atoms with E-state index in [-0.39, 0.29) is 0 Å². The zero-order chi connectivity index (χ0) is 17.3. The van der Waals surface area contributed by atoms with E-state index >= 15 is 0 Å². The van der Waals surface area contributed by atoms with Gasteiger partial charge in [-0.1, -0.05) is 6.07 Å². The molecule has 0 aliphatic carbocycles. The summed E-state index contributed by atoms with van der Waals surface area (Å²) in [5, 5.41) is 23.0. The van der Waals surface area contributed by atoms with Crippen molar-refractivity contribution in [2.75, 3.05) is 23.7 Å². The zero-order valence-corrected chi connectivity index (χ0v) is 14.2. The number of rotatable bonds is 4. The van der Waals surface area contributed by atoms with Gasteiger partial charge in [0.1, 0.15) is 5.82 Å². The molecule has 1 aromatic carbocycles. The summed E-state index contributed by atoms with van der Waals surface area (Å²) in [4.78, 5) is 4.59. The van der Waals surface area contributed by atoms with Crippen LogP contribution in [0.5, 0.6) is 0 Å². The summed E-state index contributed by atoms with van der Waals surface area (Å²) in [7, 11) is 0. The number of nitrogens with zero attached hydrogens (tertiary/aromatic N) is 4. The van der Waals surface area contributed by atoms with Gasteiger partial charge in [0.15, 0.2) is 5.65 Å². The van der Waals surface area contributed by atoms with Gasteiger partial charge in [0.25, 0.3) is 0 Å². The Morgan fingerprint density at radius 2 is 2.19 bits per heavy atom. The van der Waals surface area contributed by atoms with E-state index in [9.17, 15) is 0 Å². The van der Waals surface area contributed by atoms with Crippen molar-refractivity contribution in [3.8, 4) is 0 Å². The van der Waals surface area contributed by atoms with Gasteiger partial charge in [0, 0.05) is 23.7 Å². The minimum atomic E-state index is 0.415. The topological polar surface area (TPSA) is 95.0 Å². The number of aromatic amines is 1. The van der Waals surface area contributed by atoms with Crippen molar-refractivity contribution in [2.45, 2.75) is 18.9 Å². The average Bonchev–Trinajstić information content (AvgIpc) is 3.29. The third kappa shape index (κ3) is 2.84. The predicted molar refractivity (Wildman–Crippen MR) is 102 cm³/mol. The van der Waals surface area contributed by atoms with E-state index in [0.717, 1.165) is 47.6 Å². The van der Waals surface area contributed by atoms with E-state index in [1.807, 2.05) is 40.9 Å². The Morgan fingerprint density at radius 3 is 3.12 bits per heavy atom. The van der Waals surface area contributed by atoms with Crippen LogP contribution in [0.2, 0.25) is 0 Å². The molecule has 8 heteroatoms. The lowest BCUT2D eigenvalue weighted by Crippen LogP contribution is -2.38. The van der Waals surface area contributed by atoms with Crippen LogP contribution in [0.3, 0.4) is 0 Å². The molecule has 4 N–H and O–H groups in total. The van der Waals surface area contributed by atoms with Crippen molar-refractivity contribution in [2.24, 2.45) is 0 Å². The molecule has 1 atom stereocenters. The molecule has 0 amide bonds. The molecular weight excluding hydrogens is 328 g/mol. The minimum Gasteiger partial charge on any atom is -0.366 e. The lowest BCUT2D eigenvalue weighted by Gasteiger charge is -2.24. The van der Waals surface area contributed by atoms with E-state index in [2.05, 4.69) is 36.2 Å². The molecule has 26 heavy (non-hydrogen) atoms. The smallest absolute Gasteiger partial charge is 0.247 e. The molecule has 8 nitrogen and oxygen atoms in total. The third-order valence-electron chi connectivity index (χ3n) is 4.71. The molecule has 1 saturated heterocycles. The van der Waals surface area contributed by atoms with Gasteiger partial charge in [-0.25, -0.2) is 0 Å². The largest absolute Gasteiger partial charge is 0.366 e. The number of nitrogens with one attached hydrogen (secondary N) is 4. The minimum absolute atomic E-state index is 0.415. The molecule has 0 radical (unpaired) electrons. The van der Waals surface area contributed by atoms with Crippen LogP contribution >= 0.6 is 0 Å². The number of benzene rings is 1. The number of piperidine rings is 1. The summed E-state index contributed by atoms with van der Waals surface area (Å²) < 4.78 is 1.85. The molecule has 1 aliphatic rings. The van der Waals surface area contributed by atoms with E-state index in [4.69, 9.17) is 0 Å². The monoisotopic (exact) mass is 348 g/mol. The highest BCUT2D eigenvalue weighted by molar-refractivity contribution is 5.82. The SMILES string of the molecule is c1cc(N[C@@H]2CCCNC2)n2nc(Nc3ccc4cn[nH]c4c3)nc2c1. The Morgan fingerprint density at radius 1 is 1.19 bits per heavy atom. The normalized spacial score (nSPS) is 17.6. The molecular formula is C18H20N8. The Kier molecular flexibility index (Phi) is 3.67. The molecule has 4 heterocycles. The quantitative estimate of drug-likeness (QED) is 0.453. The number of pyridine rings is 1. The molecule has 0 unspecified atom stereocenters. The molecule has 0 saturated carbocycles. The number of hydrogen-bond acceptors (Lipinski definition) is 6. The van der Waals surface area contributed by atoms with Crippen LogP contribution in [0.4, 0.5) is 17.5 Å². The highest BCUT2D eigenvalue weighted by Crippen LogP contribution is 2.21. The fourth-order valence-corrected chi connectivity index (χ4v) is 3.40. The van der Waals surface area contributed by atoms with Crippen molar-refractivity contribution >= 4 is 34.0 Å². The first kappa shape index (κ1) is 15.2. The fourth-order valence-electron chi connectivity index (χ4n) is 3.40. The second kappa shape index (κ2) is 6.30. The van der Waals surface area contributed by atoms with Crippen molar-refractivity contribution in [1.82, 2.24) is 30.1 Å². The number of aromatic nitrogens is 5. The van der Waals surface area contributed by atoms with E-state index in [1.165, 1.54) is 6.42 Å². The van der Waals surface area contributed by atoms with Gasteiger partial charge in [0.05, 0.1) is 11.7 Å². The first-order chi connectivity index (χ1) is 12.8.